The fourth-order valence-corrected chi connectivity index (χ4v) is 3.88. The maximum Gasteiger partial charge on any atom is 0.213 e. The van der Waals surface area contributed by atoms with Gasteiger partial charge in [-0.2, -0.15) is 4.57 Å². The third kappa shape index (κ3) is 2.88. The van der Waals surface area contributed by atoms with Crippen molar-refractivity contribution in [3.8, 4) is 11.3 Å². The molecule has 1 nitrogen and oxygen atoms in total. The third-order valence-corrected chi connectivity index (χ3v) is 5.19. The highest BCUT2D eigenvalue weighted by molar-refractivity contribution is 5.95. The molecule has 0 saturated heterocycles. The number of nitrogens with zero attached hydrogens (tertiary/aromatic N) is 1. The average Bonchev–Trinajstić information content (AvgIpc) is 2.74. The van der Waals surface area contributed by atoms with Gasteiger partial charge in [-0.1, -0.05) is 78.9 Å². The number of benzene rings is 4. The Labute approximate surface area is 159 Å². The summed E-state index contributed by atoms with van der Waals surface area (Å²) in [6, 6.07) is 39.0. The molecular formula is C26H20N+. The highest BCUT2D eigenvalue weighted by Gasteiger charge is 2.19. The van der Waals surface area contributed by atoms with E-state index in [4.69, 9.17) is 0 Å². The van der Waals surface area contributed by atoms with E-state index in [-0.39, 0.29) is 0 Å². The second kappa shape index (κ2) is 6.69. The van der Waals surface area contributed by atoms with Crippen molar-refractivity contribution in [3.05, 3.63) is 115 Å². The van der Waals surface area contributed by atoms with Crippen molar-refractivity contribution in [1.82, 2.24) is 0 Å². The van der Waals surface area contributed by atoms with Crippen molar-refractivity contribution in [2.75, 3.05) is 0 Å². The lowest BCUT2D eigenvalue weighted by Gasteiger charge is -2.10. The lowest BCUT2D eigenvalue weighted by molar-refractivity contribution is -0.651. The first-order valence-electron chi connectivity index (χ1n) is 9.34. The molecule has 0 amide bonds. The summed E-state index contributed by atoms with van der Waals surface area (Å²) in [5.41, 5.74) is 5.08. The van der Waals surface area contributed by atoms with Gasteiger partial charge in [0.05, 0.1) is 5.56 Å². The normalized spacial score (nSPS) is 11.1. The van der Waals surface area contributed by atoms with Crippen molar-refractivity contribution in [1.29, 1.82) is 0 Å². The minimum atomic E-state index is 0.848. The molecule has 1 heterocycles. The van der Waals surface area contributed by atoms with E-state index in [0.29, 0.717) is 0 Å². The summed E-state index contributed by atoms with van der Waals surface area (Å²) >= 11 is 0. The predicted octanol–water partition coefficient (Wildman–Crippen LogP) is 6.00. The van der Waals surface area contributed by atoms with Crippen LogP contribution in [0.1, 0.15) is 5.56 Å². The van der Waals surface area contributed by atoms with Gasteiger partial charge in [-0.15, -0.1) is 0 Å². The quantitative estimate of drug-likeness (QED) is 0.353. The molecule has 0 unspecified atom stereocenters. The number of aromatic nitrogens is 1. The van der Waals surface area contributed by atoms with Gasteiger partial charge >= 0.3 is 0 Å². The van der Waals surface area contributed by atoms with Gasteiger partial charge in [0.25, 0.3) is 0 Å². The molecule has 5 rings (SSSR count). The predicted molar refractivity (Wildman–Crippen MR) is 113 cm³/mol. The Hall–Kier alpha value is -3.45. The number of fused-ring (bicyclic) bond motifs is 2. The fourth-order valence-electron chi connectivity index (χ4n) is 3.88. The fraction of sp³-hybridized carbons (Fsp3) is 0.0385. The monoisotopic (exact) mass is 346 g/mol. The van der Waals surface area contributed by atoms with Gasteiger partial charge in [0, 0.05) is 23.1 Å². The third-order valence-electron chi connectivity index (χ3n) is 5.19. The molecule has 0 radical (unpaired) electrons. The Morgan fingerprint density at radius 3 is 2.11 bits per heavy atom. The summed E-state index contributed by atoms with van der Waals surface area (Å²) in [5.74, 6) is 0. The second-order valence-corrected chi connectivity index (χ2v) is 6.88. The van der Waals surface area contributed by atoms with E-state index >= 15 is 0 Å². The summed E-state index contributed by atoms with van der Waals surface area (Å²) < 4.78 is 2.44. The molecule has 0 N–H and O–H groups in total. The summed E-state index contributed by atoms with van der Waals surface area (Å²) in [4.78, 5) is 0. The van der Waals surface area contributed by atoms with E-state index in [0.717, 1.165) is 6.54 Å². The molecule has 0 fully saturated rings. The van der Waals surface area contributed by atoms with Crippen molar-refractivity contribution in [3.63, 3.8) is 0 Å². The molecule has 0 aliphatic rings. The van der Waals surface area contributed by atoms with Gasteiger partial charge in [-0.25, -0.2) is 0 Å². The topological polar surface area (TPSA) is 3.88 Å². The lowest BCUT2D eigenvalue weighted by Crippen LogP contribution is -2.37. The van der Waals surface area contributed by atoms with Gasteiger partial charge in [0.2, 0.25) is 11.2 Å². The molecule has 27 heavy (non-hydrogen) atoms. The van der Waals surface area contributed by atoms with Crippen LogP contribution >= 0.6 is 0 Å². The van der Waals surface area contributed by atoms with E-state index in [1.165, 1.54) is 38.5 Å². The van der Waals surface area contributed by atoms with Gasteiger partial charge < -0.3 is 0 Å². The van der Waals surface area contributed by atoms with Crippen molar-refractivity contribution in [2.24, 2.45) is 0 Å². The Balaban J connectivity index is 1.80. The van der Waals surface area contributed by atoms with Crippen LogP contribution in [-0.2, 0) is 6.54 Å². The first kappa shape index (κ1) is 15.8. The minimum absolute atomic E-state index is 0.848. The summed E-state index contributed by atoms with van der Waals surface area (Å²) in [6.45, 7) is 0.848. The van der Waals surface area contributed by atoms with Crippen LogP contribution in [-0.4, -0.2) is 0 Å². The summed E-state index contributed by atoms with van der Waals surface area (Å²) in [7, 11) is 0. The van der Waals surface area contributed by atoms with Gasteiger partial charge in [0.1, 0.15) is 0 Å². The minimum Gasteiger partial charge on any atom is -0.187 e. The van der Waals surface area contributed by atoms with E-state index < -0.39 is 0 Å². The molecule has 0 atom stereocenters. The van der Waals surface area contributed by atoms with Crippen LogP contribution in [0, 0.1) is 0 Å². The molecule has 0 spiro atoms. The number of para-hydroxylation sites is 1. The number of rotatable bonds is 3. The largest absolute Gasteiger partial charge is 0.213 e. The first-order valence-corrected chi connectivity index (χ1v) is 9.34. The molecule has 1 aromatic heterocycles. The Bertz CT molecular complexity index is 1230. The molecule has 128 valence electrons. The number of pyridine rings is 1. The zero-order chi connectivity index (χ0) is 18.1. The van der Waals surface area contributed by atoms with E-state index in [1.807, 2.05) is 0 Å². The van der Waals surface area contributed by atoms with Gasteiger partial charge in [-0.05, 0) is 29.0 Å². The average molecular weight is 346 g/mol. The van der Waals surface area contributed by atoms with Crippen LogP contribution in [0.3, 0.4) is 0 Å². The molecule has 0 aliphatic heterocycles. The Kier molecular flexibility index (Phi) is 3.91. The maximum absolute atomic E-state index is 2.44. The Morgan fingerprint density at radius 2 is 1.22 bits per heavy atom. The molecule has 5 aromatic rings. The van der Waals surface area contributed by atoms with Crippen molar-refractivity contribution >= 4 is 21.7 Å². The molecule has 0 aliphatic carbocycles. The van der Waals surface area contributed by atoms with E-state index in [2.05, 4.69) is 114 Å². The molecule has 0 bridgehead atoms. The van der Waals surface area contributed by atoms with Crippen LogP contribution < -0.4 is 4.57 Å². The van der Waals surface area contributed by atoms with Crippen LogP contribution in [0.5, 0.6) is 0 Å². The zero-order valence-corrected chi connectivity index (χ0v) is 15.0. The molecule has 0 saturated carbocycles. The first-order chi connectivity index (χ1) is 13.4. The number of hydrogen-bond acceptors (Lipinski definition) is 0. The highest BCUT2D eigenvalue weighted by atomic mass is 15.0. The maximum atomic E-state index is 2.44. The van der Waals surface area contributed by atoms with Crippen molar-refractivity contribution < 1.29 is 4.57 Å². The van der Waals surface area contributed by atoms with Crippen LogP contribution in [0.15, 0.2) is 109 Å². The Morgan fingerprint density at radius 1 is 0.519 bits per heavy atom. The van der Waals surface area contributed by atoms with Crippen LogP contribution in [0.4, 0.5) is 0 Å². The van der Waals surface area contributed by atoms with Gasteiger partial charge in [0.15, 0.2) is 6.54 Å². The van der Waals surface area contributed by atoms with Crippen LogP contribution in [0.25, 0.3) is 32.9 Å². The summed E-state index contributed by atoms with van der Waals surface area (Å²) in [6.07, 6.45) is 0. The standard InChI is InChI=1S/C26H20N/c1-2-9-20(10-3-1)19-27-25-16-7-5-12-22(25)17-18-26(27)24-15-8-13-21-11-4-6-14-23(21)24/h1-18H,19H2/q+1. The molecule has 1 heteroatoms. The van der Waals surface area contributed by atoms with Crippen LogP contribution in [0.2, 0.25) is 0 Å². The number of hydrogen-bond donors (Lipinski definition) is 0. The lowest BCUT2D eigenvalue weighted by atomic mass is 10.0. The SMILES string of the molecule is c1ccc(C[n+]2c(-c3cccc4ccccc34)ccc3ccccc32)cc1. The highest BCUT2D eigenvalue weighted by Crippen LogP contribution is 2.28. The molecule has 4 aromatic carbocycles. The second-order valence-electron chi connectivity index (χ2n) is 6.88. The summed E-state index contributed by atoms with van der Waals surface area (Å²) in [5, 5.41) is 3.82. The van der Waals surface area contributed by atoms with E-state index in [1.54, 1.807) is 0 Å². The smallest absolute Gasteiger partial charge is 0.187 e. The molecular weight excluding hydrogens is 326 g/mol. The van der Waals surface area contributed by atoms with E-state index in [9.17, 15) is 0 Å². The van der Waals surface area contributed by atoms with Gasteiger partial charge in [-0.3, -0.25) is 0 Å². The zero-order valence-electron chi connectivity index (χ0n) is 15.0. The van der Waals surface area contributed by atoms with Crippen molar-refractivity contribution in [2.45, 2.75) is 6.54 Å².